The first-order valence-corrected chi connectivity index (χ1v) is 4.39. The Hall–Kier alpha value is 0.350. The van der Waals surface area contributed by atoms with Gasteiger partial charge in [0.05, 0.1) is 6.10 Å². The van der Waals surface area contributed by atoms with Gasteiger partial charge in [-0.25, -0.2) is 0 Å². The molecule has 0 radical (unpaired) electrons. The number of rotatable bonds is 1. The zero-order valence-corrected chi connectivity index (χ0v) is 7.79. The van der Waals surface area contributed by atoms with Gasteiger partial charge in [-0.05, 0) is 19.3 Å². The van der Waals surface area contributed by atoms with Crippen LogP contribution in [0.3, 0.4) is 0 Å². The smallest absolute Gasteiger partial charge is 0.0702 e. The lowest BCUT2D eigenvalue weighted by Gasteiger charge is -2.32. The number of ether oxygens (including phenoxy) is 1. The van der Waals surface area contributed by atoms with E-state index in [-0.39, 0.29) is 0 Å². The molecule has 1 saturated heterocycles. The molecule has 2 unspecified atom stereocenters. The minimum atomic E-state index is 0.369. The van der Waals surface area contributed by atoms with E-state index in [4.69, 9.17) is 4.74 Å². The summed E-state index contributed by atoms with van der Waals surface area (Å²) in [5.41, 5.74) is 0. The molecule has 1 aliphatic heterocycles. The molecule has 0 spiro atoms. The van der Waals surface area contributed by atoms with Gasteiger partial charge >= 0.3 is 0 Å². The van der Waals surface area contributed by atoms with Gasteiger partial charge in [-0.15, -0.1) is 0 Å². The molecule has 1 rings (SSSR count). The Morgan fingerprint density at radius 1 is 1.50 bits per heavy atom. The van der Waals surface area contributed by atoms with Crippen LogP contribution in [-0.2, 0) is 4.74 Å². The van der Waals surface area contributed by atoms with Crippen molar-refractivity contribution >= 4 is 9.39 Å². The van der Waals surface area contributed by atoms with Gasteiger partial charge in [0, 0.05) is 12.6 Å². The van der Waals surface area contributed by atoms with E-state index in [9.17, 15) is 0 Å². The molecule has 1 aliphatic rings. The monoisotopic (exact) mass is 161 g/mol. The molecule has 0 aromatic carbocycles. The van der Waals surface area contributed by atoms with E-state index in [0.29, 0.717) is 18.1 Å². The molecular formula is C7H16NOP. The Morgan fingerprint density at radius 3 is 2.70 bits per heavy atom. The average Bonchev–Trinajstić information content (AvgIpc) is 1.94. The van der Waals surface area contributed by atoms with Crippen LogP contribution in [0.15, 0.2) is 0 Å². The van der Waals surface area contributed by atoms with E-state index < -0.39 is 0 Å². The van der Waals surface area contributed by atoms with Crippen LogP contribution < -0.4 is 5.09 Å². The Bertz CT molecular complexity index is 110. The lowest BCUT2D eigenvalue weighted by Crippen LogP contribution is -2.41. The number of hydrogen-bond donors (Lipinski definition) is 1. The third-order valence-electron chi connectivity index (χ3n) is 2.08. The maximum absolute atomic E-state index is 5.52. The van der Waals surface area contributed by atoms with Gasteiger partial charge in [-0.1, -0.05) is 16.3 Å². The molecule has 4 atom stereocenters. The summed E-state index contributed by atoms with van der Waals surface area (Å²) < 4.78 is 5.52. The highest BCUT2D eigenvalue weighted by Crippen LogP contribution is 2.19. The summed E-state index contributed by atoms with van der Waals surface area (Å²) in [6.07, 6.45) is 1.60. The average molecular weight is 161 g/mol. The summed E-state index contributed by atoms with van der Waals surface area (Å²) in [6.45, 7) is 5.26. The predicted octanol–water partition coefficient (Wildman–Crippen LogP) is 1.18. The van der Waals surface area contributed by atoms with Gasteiger partial charge in [0.1, 0.15) is 0 Å². The Kier molecular flexibility index (Phi) is 3.09. The van der Waals surface area contributed by atoms with Gasteiger partial charge in [-0.2, -0.15) is 0 Å². The van der Waals surface area contributed by atoms with E-state index in [1.54, 1.807) is 0 Å². The molecule has 0 aliphatic carbocycles. The van der Waals surface area contributed by atoms with E-state index in [1.165, 1.54) is 6.42 Å². The van der Waals surface area contributed by atoms with Crippen molar-refractivity contribution in [3.8, 4) is 0 Å². The normalized spacial score (nSPS) is 41.7. The summed E-state index contributed by atoms with van der Waals surface area (Å²) in [5, 5.41) is 3.18. The van der Waals surface area contributed by atoms with Gasteiger partial charge in [0.2, 0.25) is 0 Å². The summed E-state index contributed by atoms with van der Waals surface area (Å²) in [5.74, 6) is 0.703. The van der Waals surface area contributed by atoms with Gasteiger partial charge in [0.15, 0.2) is 0 Å². The molecule has 1 fully saturated rings. The van der Waals surface area contributed by atoms with Crippen LogP contribution in [0.5, 0.6) is 0 Å². The third-order valence-corrected chi connectivity index (χ3v) is 2.51. The molecule has 3 heteroatoms. The Morgan fingerprint density at radius 2 is 2.20 bits per heavy atom. The highest BCUT2D eigenvalue weighted by Gasteiger charge is 2.24. The first-order valence-electron chi connectivity index (χ1n) is 3.81. The second-order valence-electron chi connectivity index (χ2n) is 3.15. The van der Waals surface area contributed by atoms with Crippen LogP contribution in [0, 0.1) is 5.92 Å². The maximum atomic E-state index is 5.52. The predicted molar refractivity (Wildman–Crippen MR) is 45.8 cm³/mol. The fraction of sp³-hybridized carbons (Fsp3) is 1.00. The van der Waals surface area contributed by atoms with E-state index in [0.717, 1.165) is 6.61 Å². The Balaban J connectivity index is 2.38. The molecule has 2 nitrogen and oxygen atoms in total. The van der Waals surface area contributed by atoms with Crippen LogP contribution in [0.4, 0.5) is 0 Å². The molecule has 1 N–H and O–H groups in total. The van der Waals surface area contributed by atoms with Crippen molar-refractivity contribution in [2.45, 2.75) is 32.4 Å². The van der Waals surface area contributed by atoms with E-state index in [2.05, 4.69) is 28.3 Å². The van der Waals surface area contributed by atoms with Crippen LogP contribution in [-0.4, -0.2) is 18.8 Å². The molecule has 0 aromatic rings. The lowest BCUT2D eigenvalue weighted by molar-refractivity contribution is -0.0175. The summed E-state index contributed by atoms with van der Waals surface area (Å²) in [7, 11) is 2.56. The summed E-state index contributed by atoms with van der Waals surface area (Å²) in [6, 6.07) is 0.522. The van der Waals surface area contributed by atoms with Crippen LogP contribution in [0.1, 0.15) is 20.3 Å². The Labute approximate surface area is 65.0 Å². The molecule has 10 heavy (non-hydrogen) atoms. The van der Waals surface area contributed by atoms with E-state index >= 15 is 0 Å². The number of nitrogens with one attached hydrogen (secondary N) is 1. The van der Waals surface area contributed by atoms with Crippen molar-refractivity contribution in [3.63, 3.8) is 0 Å². The van der Waals surface area contributed by atoms with Crippen LogP contribution >= 0.6 is 9.39 Å². The second-order valence-corrected chi connectivity index (χ2v) is 3.49. The highest BCUT2D eigenvalue weighted by molar-refractivity contribution is 7.13. The zero-order chi connectivity index (χ0) is 7.56. The fourth-order valence-electron chi connectivity index (χ4n) is 1.33. The molecule has 1 heterocycles. The first kappa shape index (κ1) is 8.45. The quantitative estimate of drug-likeness (QED) is 0.583. The largest absolute Gasteiger partial charge is 0.377 e. The minimum absolute atomic E-state index is 0.369. The molecule has 60 valence electrons. The van der Waals surface area contributed by atoms with E-state index in [1.807, 2.05) is 0 Å². The first-order chi connectivity index (χ1) is 4.74. The molecule has 0 amide bonds. The summed E-state index contributed by atoms with van der Waals surface area (Å²) in [4.78, 5) is 0. The fourth-order valence-corrected chi connectivity index (χ4v) is 1.74. The zero-order valence-electron chi connectivity index (χ0n) is 6.63. The van der Waals surface area contributed by atoms with Crippen molar-refractivity contribution in [2.24, 2.45) is 5.92 Å². The molecule has 0 bridgehead atoms. The molecule has 0 aromatic heterocycles. The SMILES string of the molecule is C[C@@H]1CO[C@H](C)C(NP)C1. The maximum Gasteiger partial charge on any atom is 0.0702 e. The van der Waals surface area contributed by atoms with Gasteiger partial charge in [-0.3, -0.25) is 5.09 Å². The lowest BCUT2D eigenvalue weighted by atomic mass is 9.97. The van der Waals surface area contributed by atoms with Gasteiger partial charge in [0.25, 0.3) is 0 Å². The van der Waals surface area contributed by atoms with Crippen molar-refractivity contribution in [2.75, 3.05) is 6.61 Å². The third kappa shape index (κ3) is 1.91. The standard InChI is InChI=1S/C7H16NOP/c1-5-3-7(8-10)6(2)9-4-5/h5-8H,3-4,10H2,1-2H3/t5-,6+,7?/m0/s1. The van der Waals surface area contributed by atoms with Crippen molar-refractivity contribution in [1.29, 1.82) is 0 Å². The van der Waals surface area contributed by atoms with Crippen LogP contribution in [0.25, 0.3) is 0 Å². The molecule has 0 saturated carbocycles. The van der Waals surface area contributed by atoms with Crippen molar-refractivity contribution < 1.29 is 4.74 Å². The van der Waals surface area contributed by atoms with Gasteiger partial charge < -0.3 is 4.74 Å². The minimum Gasteiger partial charge on any atom is -0.377 e. The topological polar surface area (TPSA) is 21.3 Å². The van der Waals surface area contributed by atoms with Crippen LogP contribution in [0.2, 0.25) is 0 Å². The summed E-state index contributed by atoms with van der Waals surface area (Å²) >= 11 is 0. The number of hydrogen-bond acceptors (Lipinski definition) is 2. The van der Waals surface area contributed by atoms with Crippen molar-refractivity contribution in [1.82, 2.24) is 5.09 Å². The second kappa shape index (κ2) is 3.66. The molecular weight excluding hydrogens is 145 g/mol. The highest BCUT2D eigenvalue weighted by atomic mass is 31.0. The van der Waals surface area contributed by atoms with Crippen molar-refractivity contribution in [3.05, 3.63) is 0 Å².